The first-order valence-electron chi connectivity index (χ1n) is 5.24. The predicted molar refractivity (Wildman–Crippen MR) is 70.0 cm³/mol. The molecule has 16 heavy (non-hydrogen) atoms. The van der Waals surface area contributed by atoms with Crippen molar-refractivity contribution in [2.45, 2.75) is 13.8 Å². The van der Waals surface area contributed by atoms with Gasteiger partial charge in [-0.1, -0.05) is 32.0 Å². The molecule has 0 saturated heterocycles. The van der Waals surface area contributed by atoms with Gasteiger partial charge < -0.3 is 10.6 Å². The van der Waals surface area contributed by atoms with Crippen molar-refractivity contribution in [3.63, 3.8) is 0 Å². The Kier molecular flexibility index (Phi) is 7.38. The minimum atomic E-state index is 0. The van der Waals surface area contributed by atoms with Gasteiger partial charge in [-0.25, -0.2) is 0 Å². The van der Waals surface area contributed by atoms with Gasteiger partial charge in [0, 0.05) is 12.2 Å². The van der Waals surface area contributed by atoms with Crippen LogP contribution in [0.5, 0.6) is 0 Å². The van der Waals surface area contributed by atoms with Gasteiger partial charge in [-0.2, -0.15) is 0 Å². The Morgan fingerprint density at radius 1 is 1.25 bits per heavy atom. The minimum Gasteiger partial charge on any atom is -0.376 e. The molecule has 1 aromatic carbocycles. The molecule has 0 aliphatic rings. The van der Waals surface area contributed by atoms with Crippen LogP contribution in [0.25, 0.3) is 0 Å². The highest BCUT2D eigenvalue weighted by Gasteiger charge is 2.01. The van der Waals surface area contributed by atoms with Crippen molar-refractivity contribution >= 4 is 24.0 Å². The molecular weight excluding hydrogens is 224 g/mol. The fraction of sp³-hybridized carbons (Fsp3) is 0.417. The Labute approximate surface area is 103 Å². The van der Waals surface area contributed by atoms with Gasteiger partial charge in [0.1, 0.15) is 0 Å². The van der Waals surface area contributed by atoms with Gasteiger partial charge in [-0.05, 0) is 18.1 Å². The Bertz CT molecular complexity index is 301. The van der Waals surface area contributed by atoms with Crippen LogP contribution in [0.1, 0.15) is 13.8 Å². The maximum absolute atomic E-state index is 11.3. The molecule has 0 aliphatic heterocycles. The lowest BCUT2D eigenvalue weighted by molar-refractivity contribution is -0.119. The van der Waals surface area contributed by atoms with Crippen LogP contribution in [0.15, 0.2) is 30.3 Å². The van der Waals surface area contributed by atoms with Crippen LogP contribution in [-0.4, -0.2) is 19.0 Å². The van der Waals surface area contributed by atoms with Gasteiger partial charge in [-0.3, -0.25) is 4.79 Å². The molecule has 0 atom stereocenters. The van der Waals surface area contributed by atoms with Crippen molar-refractivity contribution in [1.82, 2.24) is 5.32 Å². The summed E-state index contributed by atoms with van der Waals surface area (Å²) in [6.45, 7) is 5.21. The summed E-state index contributed by atoms with van der Waals surface area (Å²) in [7, 11) is 0. The molecule has 0 bridgehead atoms. The maximum atomic E-state index is 11.3. The van der Waals surface area contributed by atoms with Crippen molar-refractivity contribution in [2.75, 3.05) is 18.4 Å². The molecule has 1 amide bonds. The van der Waals surface area contributed by atoms with E-state index in [1.807, 2.05) is 30.3 Å². The van der Waals surface area contributed by atoms with Crippen LogP contribution >= 0.6 is 12.4 Å². The molecule has 0 radical (unpaired) electrons. The number of carbonyl (C=O) groups is 1. The molecule has 0 heterocycles. The number of halogens is 1. The van der Waals surface area contributed by atoms with E-state index in [1.165, 1.54) is 0 Å². The molecule has 0 saturated carbocycles. The fourth-order valence-electron chi connectivity index (χ4n) is 1.12. The molecule has 1 aromatic rings. The van der Waals surface area contributed by atoms with Crippen LogP contribution in [0.3, 0.4) is 0 Å². The SMILES string of the molecule is CC(C)CNC(=O)CNc1ccccc1.Cl. The molecule has 3 nitrogen and oxygen atoms in total. The lowest BCUT2D eigenvalue weighted by Crippen LogP contribution is -2.32. The Morgan fingerprint density at radius 3 is 2.44 bits per heavy atom. The van der Waals surface area contributed by atoms with E-state index in [0.717, 1.165) is 12.2 Å². The lowest BCUT2D eigenvalue weighted by Gasteiger charge is -2.09. The molecule has 0 spiro atoms. The first kappa shape index (κ1) is 14.8. The quantitative estimate of drug-likeness (QED) is 0.832. The topological polar surface area (TPSA) is 41.1 Å². The Balaban J connectivity index is 0.00000225. The summed E-state index contributed by atoms with van der Waals surface area (Å²) >= 11 is 0. The van der Waals surface area contributed by atoms with Gasteiger partial charge in [0.05, 0.1) is 6.54 Å². The van der Waals surface area contributed by atoms with E-state index in [9.17, 15) is 4.79 Å². The predicted octanol–water partition coefficient (Wildman–Crippen LogP) is 2.29. The summed E-state index contributed by atoms with van der Waals surface area (Å²) in [5.74, 6) is 0.526. The third kappa shape index (κ3) is 6.30. The summed E-state index contributed by atoms with van der Waals surface area (Å²) in [6, 6.07) is 9.71. The van der Waals surface area contributed by atoms with Crippen molar-refractivity contribution < 1.29 is 4.79 Å². The van der Waals surface area contributed by atoms with E-state index >= 15 is 0 Å². The zero-order valence-corrected chi connectivity index (χ0v) is 10.5. The normalized spacial score (nSPS) is 9.44. The van der Waals surface area contributed by atoms with Gasteiger partial charge in [0.25, 0.3) is 0 Å². The number of carbonyl (C=O) groups excluding carboxylic acids is 1. The molecule has 0 unspecified atom stereocenters. The van der Waals surface area contributed by atoms with Crippen LogP contribution in [0.2, 0.25) is 0 Å². The smallest absolute Gasteiger partial charge is 0.239 e. The van der Waals surface area contributed by atoms with Crippen LogP contribution in [0, 0.1) is 5.92 Å². The van der Waals surface area contributed by atoms with E-state index < -0.39 is 0 Å². The van der Waals surface area contributed by atoms with Crippen molar-refractivity contribution in [2.24, 2.45) is 5.92 Å². The summed E-state index contributed by atoms with van der Waals surface area (Å²) in [5, 5.41) is 5.91. The summed E-state index contributed by atoms with van der Waals surface area (Å²) in [4.78, 5) is 11.3. The van der Waals surface area contributed by atoms with E-state index in [1.54, 1.807) is 0 Å². The summed E-state index contributed by atoms with van der Waals surface area (Å²) < 4.78 is 0. The fourth-order valence-corrected chi connectivity index (χ4v) is 1.12. The summed E-state index contributed by atoms with van der Waals surface area (Å²) in [6.07, 6.45) is 0. The van der Waals surface area contributed by atoms with Gasteiger partial charge in [0.2, 0.25) is 5.91 Å². The Morgan fingerprint density at radius 2 is 1.88 bits per heavy atom. The third-order valence-electron chi connectivity index (χ3n) is 1.93. The number of rotatable bonds is 5. The number of nitrogens with one attached hydrogen (secondary N) is 2. The maximum Gasteiger partial charge on any atom is 0.239 e. The van der Waals surface area contributed by atoms with Crippen LogP contribution in [-0.2, 0) is 4.79 Å². The second-order valence-corrected chi connectivity index (χ2v) is 3.92. The standard InChI is InChI=1S/C12H18N2O.ClH/c1-10(2)8-14-12(15)9-13-11-6-4-3-5-7-11;/h3-7,10,13H,8-9H2,1-2H3,(H,14,15);1H. The zero-order valence-electron chi connectivity index (χ0n) is 9.69. The lowest BCUT2D eigenvalue weighted by atomic mass is 10.2. The number of para-hydroxylation sites is 1. The highest BCUT2D eigenvalue weighted by Crippen LogP contribution is 2.03. The largest absolute Gasteiger partial charge is 0.376 e. The van der Waals surface area contributed by atoms with Crippen molar-refractivity contribution in [1.29, 1.82) is 0 Å². The number of anilines is 1. The van der Waals surface area contributed by atoms with Crippen molar-refractivity contribution in [3.05, 3.63) is 30.3 Å². The Hall–Kier alpha value is -1.22. The van der Waals surface area contributed by atoms with E-state index in [2.05, 4.69) is 24.5 Å². The average molecular weight is 243 g/mol. The number of hydrogen-bond donors (Lipinski definition) is 2. The number of benzene rings is 1. The molecule has 2 N–H and O–H groups in total. The van der Waals surface area contributed by atoms with Gasteiger partial charge in [-0.15, -0.1) is 12.4 Å². The molecular formula is C12H19ClN2O. The zero-order chi connectivity index (χ0) is 11.1. The van der Waals surface area contributed by atoms with E-state index in [0.29, 0.717) is 12.5 Å². The van der Waals surface area contributed by atoms with Crippen molar-refractivity contribution in [3.8, 4) is 0 Å². The second-order valence-electron chi connectivity index (χ2n) is 3.92. The first-order chi connectivity index (χ1) is 7.18. The molecule has 1 rings (SSSR count). The third-order valence-corrected chi connectivity index (χ3v) is 1.93. The number of hydrogen-bond acceptors (Lipinski definition) is 2. The molecule has 4 heteroatoms. The van der Waals surface area contributed by atoms with Crippen LogP contribution < -0.4 is 10.6 Å². The highest BCUT2D eigenvalue weighted by atomic mass is 35.5. The molecule has 0 aliphatic carbocycles. The first-order valence-corrected chi connectivity index (χ1v) is 5.24. The number of amides is 1. The summed E-state index contributed by atoms with van der Waals surface area (Å²) in [5.41, 5.74) is 0.970. The van der Waals surface area contributed by atoms with E-state index in [-0.39, 0.29) is 18.3 Å². The van der Waals surface area contributed by atoms with Gasteiger partial charge >= 0.3 is 0 Å². The highest BCUT2D eigenvalue weighted by molar-refractivity contribution is 5.85. The second kappa shape index (κ2) is 7.99. The minimum absolute atomic E-state index is 0. The van der Waals surface area contributed by atoms with E-state index in [4.69, 9.17) is 0 Å². The van der Waals surface area contributed by atoms with Gasteiger partial charge in [0.15, 0.2) is 0 Å². The molecule has 0 aromatic heterocycles. The van der Waals surface area contributed by atoms with Crippen LogP contribution in [0.4, 0.5) is 5.69 Å². The monoisotopic (exact) mass is 242 g/mol. The molecule has 0 fully saturated rings. The molecule has 90 valence electrons. The average Bonchev–Trinajstić information content (AvgIpc) is 2.25.